The molecule has 0 radical (unpaired) electrons. The zero-order valence-electron chi connectivity index (χ0n) is 16.5. The van der Waals surface area contributed by atoms with Crippen molar-refractivity contribution in [2.75, 3.05) is 11.9 Å². The molecule has 2 aromatic heterocycles. The third-order valence-electron chi connectivity index (χ3n) is 5.01. The molecule has 1 atom stereocenters. The average molecular weight is 410 g/mol. The van der Waals surface area contributed by atoms with Crippen molar-refractivity contribution < 1.29 is 14.3 Å². The van der Waals surface area contributed by atoms with E-state index < -0.39 is 11.9 Å². The van der Waals surface area contributed by atoms with Crippen LogP contribution in [0.5, 0.6) is 0 Å². The minimum Gasteiger partial charge on any atom is -0.462 e. The first-order valence-electron chi connectivity index (χ1n) is 9.72. The first kappa shape index (κ1) is 20.7. The Hall–Kier alpha value is -2.98. The molecule has 0 aliphatic heterocycles. The number of pyridine rings is 1. The highest BCUT2D eigenvalue weighted by atomic mass is 32.1. The van der Waals surface area contributed by atoms with E-state index in [9.17, 15) is 14.9 Å². The number of thiophene rings is 1. The molecule has 1 N–H and O–H groups in total. The summed E-state index contributed by atoms with van der Waals surface area (Å²) in [7, 11) is 0. The number of nitrogens with zero attached hydrogens (tertiary/aromatic N) is 2. The molecule has 1 aliphatic rings. The number of carbonyl (C=O) groups excluding carboxylic acids is 2. The highest BCUT2D eigenvalue weighted by molar-refractivity contribution is 7.17. The molecule has 0 fully saturated rings. The van der Waals surface area contributed by atoms with Crippen molar-refractivity contribution >= 4 is 34.3 Å². The highest BCUT2D eigenvalue weighted by Gasteiger charge is 2.30. The van der Waals surface area contributed by atoms with E-state index in [4.69, 9.17) is 4.74 Å². The van der Waals surface area contributed by atoms with Gasteiger partial charge < -0.3 is 10.1 Å². The Bertz CT molecular complexity index is 973. The fourth-order valence-electron chi connectivity index (χ4n) is 3.46. The topological polar surface area (TPSA) is 92.1 Å². The Morgan fingerprint density at radius 1 is 1.45 bits per heavy atom. The van der Waals surface area contributed by atoms with Gasteiger partial charge in [0.15, 0.2) is 0 Å². The van der Waals surface area contributed by atoms with Crippen molar-refractivity contribution in [2.45, 2.75) is 39.5 Å². The normalized spacial score (nSPS) is 15.9. The number of rotatable bonds is 6. The van der Waals surface area contributed by atoms with Crippen LogP contribution >= 0.6 is 11.3 Å². The number of amides is 1. The Morgan fingerprint density at radius 3 is 2.93 bits per heavy atom. The maximum atomic E-state index is 12.7. The number of nitriles is 1. The summed E-state index contributed by atoms with van der Waals surface area (Å²) in [6.45, 7) is 4.19. The van der Waals surface area contributed by atoms with Gasteiger partial charge in [-0.15, -0.1) is 11.3 Å². The van der Waals surface area contributed by atoms with Crippen LogP contribution in [0, 0.1) is 17.2 Å². The average Bonchev–Trinajstić information content (AvgIpc) is 3.09. The lowest BCUT2D eigenvalue weighted by atomic mass is 9.85. The molecule has 0 aromatic carbocycles. The van der Waals surface area contributed by atoms with Gasteiger partial charge in [0.1, 0.15) is 16.6 Å². The van der Waals surface area contributed by atoms with E-state index in [-0.39, 0.29) is 12.2 Å². The number of fused-ring (bicyclic) bond motifs is 1. The largest absolute Gasteiger partial charge is 0.462 e. The number of esters is 1. The lowest BCUT2D eigenvalue weighted by Crippen LogP contribution is -2.17. The van der Waals surface area contributed by atoms with Crippen molar-refractivity contribution in [3.05, 3.63) is 51.7 Å². The van der Waals surface area contributed by atoms with Gasteiger partial charge in [0.05, 0.1) is 12.2 Å². The first-order valence-corrected chi connectivity index (χ1v) is 10.5. The van der Waals surface area contributed by atoms with Gasteiger partial charge in [0.25, 0.3) is 5.91 Å². The van der Waals surface area contributed by atoms with E-state index in [1.165, 1.54) is 17.4 Å². The summed E-state index contributed by atoms with van der Waals surface area (Å²) >= 11 is 1.42. The van der Waals surface area contributed by atoms with Gasteiger partial charge in [-0.3, -0.25) is 9.78 Å². The van der Waals surface area contributed by atoms with Crippen LogP contribution in [-0.2, 0) is 22.4 Å². The van der Waals surface area contributed by atoms with Crippen LogP contribution < -0.4 is 5.32 Å². The van der Waals surface area contributed by atoms with Crippen LogP contribution in [-0.4, -0.2) is 23.5 Å². The van der Waals surface area contributed by atoms with Crippen molar-refractivity contribution in [2.24, 2.45) is 5.92 Å². The monoisotopic (exact) mass is 409 g/mol. The lowest BCUT2D eigenvalue weighted by molar-refractivity contribution is -0.112. The highest BCUT2D eigenvalue weighted by Crippen LogP contribution is 2.41. The fourth-order valence-corrected chi connectivity index (χ4v) is 4.80. The molecule has 1 aliphatic carbocycles. The minimum atomic E-state index is -0.549. The molecule has 0 saturated heterocycles. The van der Waals surface area contributed by atoms with Gasteiger partial charge in [0.2, 0.25) is 0 Å². The molecule has 0 saturated carbocycles. The second kappa shape index (κ2) is 9.48. The summed E-state index contributed by atoms with van der Waals surface area (Å²) in [6.07, 6.45) is 8.47. The molecule has 1 unspecified atom stereocenters. The molecule has 150 valence electrons. The van der Waals surface area contributed by atoms with Crippen LogP contribution in [0.2, 0.25) is 0 Å². The van der Waals surface area contributed by atoms with E-state index in [1.807, 2.05) is 6.07 Å². The molecule has 2 heterocycles. The van der Waals surface area contributed by atoms with Crippen molar-refractivity contribution in [1.29, 1.82) is 5.26 Å². The number of ether oxygens (including phenoxy) is 1. The second-order valence-corrected chi connectivity index (χ2v) is 7.96. The standard InChI is InChI=1S/C22H23N3O3S/c1-3-14-7-8-17-18(11-14)29-21(19(17)22(27)28-4-2)25-20(26)16(12-23)10-15-6-5-9-24-13-15/h5-6,9-10,13-14H,3-4,7-8,11H2,1-2H3,(H,25,26)/b16-10+. The number of aromatic nitrogens is 1. The zero-order chi connectivity index (χ0) is 20.8. The molecule has 0 bridgehead atoms. The zero-order valence-corrected chi connectivity index (χ0v) is 17.3. The molecular formula is C22H23N3O3S. The number of hydrogen-bond donors (Lipinski definition) is 1. The predicted molar refractivity (Wildman–Crippen MR) is 113 cm³/mol. The third kappa shape index (κ3) is 4.72. The molecule has 2 aromatic rings. The Balaban J connectivity index is 1.92. The van der Waals surface area contributed by atoms with Crippen molar-refractivity contribution in [3.63, 3.8) is 0 Å². The van der Waals surface area contributed by atoms with Crippen LogP contribution in [0.3, 0.4) is 0 Å². The maximum Gasteiger partial charge on any atom is 0.341 e. The van der Waals surface area contributed by atoms with E-state index in [1.54, 1.807) is 31.5 Å². The van der Waals surface area contributed by atoms with Crippen LogP contribution in [0.4, 0.5) is 5.00 Å². The number of anilines is 1. The SMILES string of the molecule is CCOC(=O)c1c(NC(=O)/C(C#N)=C/c2cccnc2)sc2c1CCC(CC)C2. The molecule has 6 nitrogen and oxygen atoms in total. The molecule has 29 heavy (non-hydrogen) atoms. The minimum absolute atomic E-state index is 0.0504. The summed E-state index contributed by atoms with van der Waals surface area (Å²) in [5, 5.41) is 12.7. The third-order valence-corrected chi connectivity index (χ3v) is 6.18. The van der Waals surface area contributed by atoms with Crippen LogP contribution in [0.25, 0.3) is 6.08 Å². The summed E-state index contributed by atoms with van der Waals surface area (Å²) in [5.74, 6) is -0.391. The van der Waals surface area contributed by atoms with E-state index in [0.29, 0.717) is 22.0 Å². The quantitative estimate of drug-likeness (QED) is 0.434. The van der Waals surface area contributed by atoms with E-state index in [0.717, 1.165) is 36.1 Å². The van der Waals surface area contributed by atoms with Gasteiger partial charge >= 0.3 is 5.97 Å². The Labute approximate surface area is 174 Å². The smallest absolute Gasteiger partial charge is 0.341 e. The maximum absolute atomic E-state index is 12.7. The predicted octanol–water partition coefficient (Wildman–Crippen LogP) is 4.38. The van der Waals surface area contributed by atoms with Gasteiger partial charge in [-0.05, 0) is 55.4 Å². The van der Waals surface area contributed by atoms with Crippen molar-refractivity contribution in [3.8, 4) is 6.07 Å². The molecule has 0 spiro atoms. The van der Waals surface area contributed by atoms with Gasteiger partial charge in [-0.1, -0.05) is 19.4 Å². The molecule has 7 heteroatoms. The number of carbonyl (C=O) groups is 2. The second-order valence-electron chi connectivity index (χ2n) is 6.86. The first-order chi connectivity index (χ1) is 14.1. The molecular weight excluding hydrogens is 386 g/mol. The Kier molecular flexibility index (Phi) is 6.78. The van der Waals surface area contributed by atoms with Crippen LogP contribution in [0.1, 0.15) is 53.1 Å². The number of hydrogen-bond acceptors (Lipinski definition) is 6. The van der Waals surface area contributed by atoms with E-state index in [2.05, 4.69) is 17.2 Å². The lowest BCUT2D eigenvalue weighted by Gasteiger charge is -2.20. The van der Waals surface area contributed by atoms with E-state index >= 15 is 0 Å². The Morgan fingerprint density at radius 2 is 2.28 bits per heavy atom. The van der Waals surface area contributed by atoms with Gasteiger partial charge in [0, 0.05) is 17.3 Å². The van der Waals surface area contributed by atoms with Gasteiger partial charge in [-0.25, -0.2) is 4.79 Å². The van der Waals surface area contributed by atoms with Gasteiger partial charge in [-0.2, -0.15) is 5.26 Å². The summed E-state index contributed by atoms with van der Waals surface area (Å²) in [6, 6.07) is 5.42. The number of nitrogens with one attached hydrogen (secondary N) is 1. The molecule has 3 rings (SSSR count). The molecule has 1 amide bonds. The van der Waals surface area contributed by atoms with Crippen molar-refractivity contribution in [1.82, 2.24) is 4.98 Å². The summed E-state index contributed by atoms with van der Waals surface area (Å²) in [5.41, 5.74) is 2.02. The summed E-state index contributed by atoms with van der Waals surface area (Å²) in [4.78, 5) is 30.5. The summed E-state index contributed by atoms with van der Waals surface area (Å²) < 4.78 is 5.24. The fraction of sp³-hybridized carbons (Fsp3) is 0.364. The van der Waals surface area contributed by atoms with Crippen LogP contribution in [0.15, 0.2) is 30.1 Å².